The molecule has 0 spiro atoms. The van der Waals surface area contributed by atoms with E-state index in [9.17, 15) is 4.39 Å². The number of aromatic nitrogens is 3. The van der Waals surface area contributed by atoms with Gasteiger partial charge in [0.25, 0.3) is 0 Å². The van der Waals surface area contributed by atoms with Crippen LogP contribution in [-0.4, -0.2) is 27.0 Å². The van der Waals surface area contributed by atoms with Crippen LogP contribution in [0.5, 0.6) is 0 Å². The largest absolute Gasteiger partial charge is 0.412 e. The number of aromatic amines is 1. The first-order valence-electron chi connectivity index (χ1n) is 7.27. The number of hydrogen-bond donors (Lipinski definition) is 2. The van der Waals surface area contributed by atoms with Crippen LogP contribution in [0.15, 0.2) is 36.5 Å². The van der Waals surface area contributed by atoms with Gasteiger partial charge in [0.1, 0.15) is 17.3 Å². The van der Waals surface area contributed by atoms with E-state index in [1.807, 2.05) is 19.2 Å². The Kier molecular flexibility index (Phi) is 5.21. The Balaban J connectivity index is 0.00000104. The minimum absolute atomic E-state index is 0. The summed E-state index contributed by atoms with van der Waals surface area (Å²) in [6.07, 6.45) is 2.96. The highest BCUT2D eigenvalue weighted by atomic mass is 35.5. The lowest BCUT2D eigenvalue weighted by atomic mass is 10.1. The second-order valence-corrected chi connectivity index (χ2v) is 5.46. The number of hydrogen-bond acceptors (Lipinski definition) is 3. The third kappa shape index (κ3) is 3.11. The summed E-state index contributed by atoms with van der Waals surface area (Å²) in [6, 6.07) is 8.38. The number of benzene rings is 1. The zero-order valence-electron chi connectivity index (χ0n) is 13.1. The lowest BCUT2D eigenvalue weighted by Gasteiger charge is -2.08. The molecule has 4 rings (SSSR count). The lowest BCUT2D eigenvalue weighted by Crippen LogP contribution is -2.00. The Morgan fingerprint density at radius 1 is 1.08 bits per heavy atom. The molecular weight excluding hydrogens is 331 g/mol. The number of aryl methyl sites for hydroxylation is 1. The molecule has 0 atom stereocenters. The maximum Gasteiger partial charge on any atom is 0.123 e. The van der Waals surface area contributed by atoms with Crippen molar-refractivity contribution < 1.29 is 9.87 Å². The van der Waals surface area contributed by atoms with Crippen molar-refractivity contribution >= 4 is 18.0 Å². The summed E-state index contributed by atoms with van der Waals surface area (Å²) in [6.45, 7) is 2.87. The molecule has 4 N–H and O–H groups in total. The van der Waals surface area contributed by atoms with Gasteiger partial charge in [-0.2, -0.15) is 0 Å². The van der Waals surface area contributed by atoms with Crippen LogP contribution in [0.1, 0.15) is 17.9 Å². The Labute approximate surface area is 145 Å². The molecule has 24 heavy (non-hydrogen) atoms. The highest BCUT2D eigenvalue weighted by molar-refractivity contribution is 5.85. The van der Waals surface area contributed by atoms with Gasteiger partial charge in [0.15, 0.2) is 0 Å². The lowest BCUT2D eigenvalue weighted by molar-refractivity contribution is 0.628. The number of H-pyrrole nitrogens is 1. The van der Waals surface area contributed by atoms with E-state index in [2.05, 4.69) is 15.3 Å². The van der Waals surface area contributed by atoms with Gasteiger partial charge in [0.05, 0.1) is 17.1 Å². The van der Waals surface area contributed by atoms with Crippen LogP contribution in [-0.2, 0) is 0 Å². The highest BCUT2D eigenvalue weighted by Gasteiger charge is 2.20. The Morgan fingerprint density at radius 2 is 1.83 bits per heavy atom. The van der Waals surface area contributed by atoms with Crippen LogP contribution in [0.4, 0.5) is 4.39 Å². The van der Waals surface area contributed by atoms with Crippen molar-refractivity contribution in [1.29, 1.82) is 0 Å². The summed E-state index contributed by atoms with van der Waals surface area (Å²) >= 11 is 0. The Morgan fingerprint density at radius 3 is 2.50 bits per heavy atom. The molecule has 0 saturated heterocycles. The van der Waals surface area contributed by atoms with Gasteiger partial charge in [0.2, 0.25) is 0 Å². The van der Waals surface area contributed by atoms with Crippen LogP contribution in [0.25, 0.3) is 28.2 Å². The molecular formula is C17H18ClFN4O. The molecule has 0 amide bonds. The van der Waals surface area contributed by atoms with Crippen molar-refractivity contribution in [2.45, 2.75) is 13.3 Å². The summed E-state index contributed by atoms with van der Waals surface area (Å²) in [5.74, 6) is 0.611. The fourth-order valence-electron chi connectivity index (χ4n) is 2.79. The van der Waals surface area contributed by atoms with Crippen molar-refractivity contribution in [2.75, 3.05) is 6.54 Å². The topological polar surface area (TPSA) is 85.1 Å². The summed E-state index contributed by atoms with van der Waals surface area (Å²) in [5.41, 5.74) is 5.63. The van der Waals surface area contributed by atoms with Crippen molar-refractivity contribution in [2.24, 2.45) is 0 Å². The highest BCUT2D eigenvalue weighted by Crippen LogP contribution is 2.33. The third-order valence-corrected chi connectivity index (χ3v) is 3.85. The zero-order chi connectivity index (χ0) is 15.1. The average Bonchev–Trinajstić information content (AvgIpc) is 3.16. The summed E-state index contributed by atoms with van der Waals surface area (Å²) in [4.78, 5) is 12.6. The smallest absolute Gasteiger partial charge is 0.123 e. The SMILES string of the molecule is Cc1nc(C2=CNCC2)c2nc(-c3ccc(F)cc3)cc-2[nH]1.Cl.O. The maximum atomic E-state index is 13.1. The van der Waals surface area contributed by atoms with E-state index in [-0.39, 0.29) is 23.7 Å². The van der Waals surface area contributed by atoms with Crippen LogP contribution in [0.2, 0.25) is 0 Å². The summed E-state index contributed by atoms with van der Waals surface area (Å²) < 4.78 is 13.1. The standard InChI is InChI=1S/C17H15FN4.ClH.H2O/c1-10-20-15-8-14(11-2-4-13(18)5-3-11)22-17(15)16(21-10)12-6-7-19-9-12;;/h2-5,8-9,19H,6-7H2,1H3,(H,20,21);1H;1H2. The number of nitrogens with zero attached hydrogens (tertiary/aromatic N) is 2. The molecule has 3 heterocycles. The van der Waals surface area contributed by atoms with Gasteiger partial charge < -0.3 is 15.8 Å². The molecule has 0 saturated carbocycles. The molecule has 0 aliphatic carbocycles. The van der Waals surface area contributed by atoms with Crippen LogP contribution in [0.3, 0.4) is 0 Å². The molecule has 3 aliphatic rings. The molecule has 1 aromatic carbocycles. The first-order chi connectivity index (χ1) is 10.7. The summed E-state index contributed by atoms with van der Waals surface area (Å²) in [5, 5.41) is 3.22. The third-order valence-electron chi connectivity index (χ3n) is 3.85. The number of nitrogens with one attached hydrogen (secondary N) is 2. The molecule has 0 radical (unpaired) electrons. The summed E-state index contributed by atoms with van der Waals surface area (Å²) in [7, 11) is 0. The molecule has 0 fully saturated rings. The van der Waals surface area contributed by atoms with Crippen LogP contribution < -0.4 is 5.32 Å². The fourth-order valence-corrected chi connectivity index (χ4v) is 2.79. The van der Waals surface area contributed by atoms with E-state index in [0.29, 0.717) is 0 Å². The van der Waals surface area contributed by atoms with Gasteiger partial charge in [-0.15, -0.1) is 12.4 Å². The van der Waals surface area contributed by atoms with Gasteiger partial charge in [0, 0.05) is 18.3 Å². The Hall–Kier alpha value is -2.44. The molecule has 5 nitrogen and oxygen atoms in total. The van der Waals surface area contributed by atoms with Gasteiger partial charge >= 0.3 is 0 Å². The molecule has 7 heteroatoms. The average molecular weight is 349 g/mol. The van der Waals surface area contributed by atoms with Gasteiger partial charge in [-0.3, -0.25) is 0 Å². The Bertz CT molecular complexity index is 844. The fraction of sp³-hybridized carbons (Fsp3) is 0.176. The first-order valence-corrected chi connectivity index (χ1v) is 7.27. The maximum absolute atomic E-state index is 13.1. The van der Waals surface area contributed by atoms with Gasteiger partial charge in [-0.1, -0.05) is 0 Å². The molecule has 0 bridgehead atoms. The van der Waals surface area contributed by atoms with Gasteiger partial charge in [-0.25, -0.2) is 14.4 Å². The number of fused-ring (bicyclic) bond motifs is 1. The molecule has 3 aliphatic heterocycles. The van der Waals surface area contributed by atoms with Gasteiger partial charge in [-0.05, 0) is 49.2 Å². The van der Waals surface area contributed by atoms with E-state index < -0.39 is 0 Å². The second-order valence-electron chi connectivity index (χ2n) is 5.46. The number of halogens is 2. The van der Waals surface area contributed by atoms with Crippen molar-refractivity contribution in [3.8, 4) is 22.6 Å². The molecule has 1 aromatic rings. The number of rotatable bonds is 2. The molecule has 126 valence electrons. The minimum atomic E-state index is -0.244. The molecule has 0 unspecified atom stereocenters. The van der Waals surface area contributed by atoms with Crippen LogP contribution in [0, 0.1) is 12.7 Å². The van der Waals surface area contributed by atoms with E-state index in [1.54, 1.807) is 12.1 Å². The van der Waals surface area contributed by atoms with Crippen molar-refractivity contribution in [1.82, 2.24) is 20.3 Å². The van der Waals surface area contributed by atoms with E-state index in [1.165, 1.54) is 17.7 Å². The predicted molar refractivity (Wildman–Crippen MR) is 94.6 cm³/mol. The van der Waals surface area contributed by atoms with Crippen molar-refractivity contribution in [3.63, 3.8) is 0 Å². The van der Waals surface area contributed by atoms with Crippen molar-refractivity contribution in [3.05, 3.63) is 53.9 Å². The van der Waals surface area contributed by atoms with E-state index in [4.69, 9.17) is 4.98 Å². The first kappa shape index (κ1) is 17.9. The zero-order valence-corrected chi connectivity index (χ0v) is 13.9. The van der Waals surface area contributed by atoms with E-state index >= 15 is 0 Å². The van der Waals surface area contributed by atoms with E-state index in [0.717, 1.165) is 47.1 Å². The quantitative estimate of drug-likeness (QED) is 0.746. The minimum Gasteiger partial charge on any atom is -0.412 e. The van der Waals surface area contributed by atoms with Crippen LogP contribution >= 0.6 is 12.4 Å². The predicted octanol–water partition coefficient (Wildman–Crippen LogP) is 2.96. The monoisotopic (exact) mass is 348 g/mol. The molecule has 0 aromatic heterocycles. The second kappa shape index (κ2) is 6.98. The normalized spacial score (nSPS) is 13.0.